The second-order valence-electron chi connectivity index (χ2n) is 5.98. The first kappa shape index (κ1) is 18.2. The molecule has 0 saturated carbocycles. The van der Waals surface area contributed by atoms with Crippen molar-refractivity contribution < 1.29 is 19.1 Å². The SMILES string of the molecule is COc1ccccc1/C=C1\NC(=O)N(CC(=O)Nc2ccccc2C)C1=O. The number of rotatable bonds is 5. The van der Waals surface area contributed by atoms with E-state index in [1.165, 1.54) is 13.2 Å². The van der Waals surface area contributed by atoms with Crippen LogP contribution in [0, 0.1) is 6.92 Å². The minimum Gasteiger partial charge on any atom is -0.496 e. The van der Waals surface area contributed by atoms with Gasteiger partial charge in [-0.15, -0.1) is 0 Å². The van der Waals surface area contributed by atoms with Gasteiger partial charge in [0.25, 0.3) is 5.91 Å². The standard InChI is InChI=1S/C20H19N3O4/c1-13-7-3-5-9-15(13)21-18(24)12-23-19(25)16(22-20(23)26)11-14-8-4-6-10-17(14)27-2/h3-11H,12H2,1-2H3,(H,21,24)(H,22,26)/b16-11-. The summed E-state index contributed by atoms with van der Waals surface area (Å²) in [4.78, 5) is 37.8. The van der Waals surface area contributed by atoms with Crippen LogP contribution in [0.1, 0.15) is 11.1 Å². The Hall–Kier alpha value is -3.61. The van der Waals surface area contributed by atoms with Gasteiger partial charge in [-0.05, 0) is 30.7 Å². The predicted molar refractivity (Wildman–Crippen MR) is 101 cm³/mol. The van der Waals surface area contributed by atoms with Gasteiger partial charge in [0.2, 0.25) is 5.91 Å². The highest BCUT2D eigenvalue weighted by Crippen LogP contribution is 2.22. The third-order valence-electron chi connectivity index (χ3n) is 4.12. The molecule has 1 saturated heterocycles. The number of nitrogens with one attached hydrogen (secondary N) is 2. The third kappa shape index (κ3) is 3.98. The zero-order valence-electron chi connectivity index (χ0n) is 15.0. The summed E-state index contributed by atoms with van der Waals surface area (Å²) < 4.78 is 5.24. The zero-order valence-corrected chi connectivity index (χ0v) is 15.0. The fraction of sp³-hybridized carbons (Fsp3) is 0.150. The number of anilines is 1. The van der Waals surface area contributed by atoms with Gasteiger partial charge in [-0.25, -0.2) is 9.69 Å². The van der Waals surface area contributed by atoms with Gasteiger partial charge in [-0.2, -0.15) is 0 Å². The van der Waals surface area contributed by atoms with E-state index in [2.05, 4.69) is 10.6 Å². The van der Waals surface area contributed by atoms with E-state index < -0.39 is 17.8 Å². The van der Waals surface area contributed by atoms with E-state index >= 15 is 0 Å². The van der Waals surface area contributed by atoms with Crippen molar-refractivity contribution in [3.63, 3.8) is 0 Å². The molecule has 0 atom stereocenters. The Balaban J connectivity index is 1.73. The summed E-state index contributed by atoms with van der Waals surface area (Å²) in [5.41, 5.74) is 2.27. The molecule has 2 N–H and O–H groups in total. The topological polar surface area (TPSA) is 87.7 Å². The molecule has 2 aromatic rings. The van der Waals surface area contributed by atoms with Crippen molar-refractivity contribution in [2.45, 2.75) is 6.92 Å². The second-order valence-corrected chi connectivity index (χ2v) is 5.98. The lowest BCUT2D eigenvalue weighted by Gasteiger charge is -2.13. The number of nitrogens with zero attached hydrogens (tertiary/aromatic N) is 1. The number of hydrogen-bond donors (Lipinski definition) is 2. The van der Waals surface area contributed by atoms with Crippen LogP contribution in [-0.2, 0) is 9.59 Å². The van der Waals surface area contributed by atoms with Gasteiger partial charge in [0.1, 0.15) is 18.0 Å². The molecule has 1 heterocycles. The highest BCUT2D eigenvalue weighted by Gasteiger charge is 2.35. The number of aryl methyl sites for hydroxylation is 1. The monoisotopic (exact) mass is 365 g/mol. The molecule has 0 aromatic heterocycles. The fourth-order valence-corrected chi connectivity index (χ4v) is 2.70. The van der Waals surface area contributed by atoms with E-state index in [0.717, 1.165) is 10.5 Å². The molecule has 0 radical (unpaired) electrons. The van der Waals surface area contributed by atoms with Gasteiger partial charge < -0.3 is 15.4 Å². The van der Waals surface area contributed by atoms with Gasteiger partial charge in [-0.3, -0.25) is 9.59 Å². The van der Waals surface area contributed by atoms with Crippen LogP contribution in [0.25, 0.3) is 6.08 Å². The summed E-state index contributed by atoms with van der Waals surface area (Å²) in [5.74, 6) is -0.444. The normalized spacial score (nSPS) is 15.0. The molecule has 7 nitrogen and oxygen atoms in total. The molecule has 3 rings (SSSR count). The minimum atomic E-state index is -0.638. The molecule has 138 valence electrons. The number of carbonyl (C=O) groups excluding carboxylic acids is 3. The zero-order chi connectivity index (χ0) is 19.4. The average Bonchev–Trinajstić information content (AvgIpc) is 2.91. The lowest BCUT2D eigenvalue weighted by molar-refractivity contribution is -0.127. The van der Waals surface area contributed by atoms with Gasteiger partial charge in [-0.1, -0.05) is 36.4 Å². The average molecular weight is 365 g/mol. The van der Waals surface area contributed by atoms with Crippen molar-refractivity contribution >= 4 is 29.6 Å². The molecule has 2 aromatic carbocycles. The number of methoxy groups -OCH3 is 1. The lowest BCUT2D eigenvalue weighted by Crippen LogP contribution is -2.38. The number of urea groups is 1. The highest BCUT2D eigenvalue weighted by molar-refractivity contribution is 6.16. The maximum absolute atomic E-state index is 12.5. The third-order valence-corrected chi connectivity index (χ3v) is 4.12. The molecule has 4 amide bonds. The van der Waals surface area contributed by atoms with Gasteiger partial charge in [0, 0.05) is 11.3 Å². The molecule has 1 fully saturated rings. The second kappa shape index (κ2) is 7.74. The van der Waals surface area contributed by atoms with Gasteiger partial charge in [0.15, 0.2) is 0 Å². The van der Waals surface area contributed by atoms with Gasteiger partial charge >= 0.3 is 6.03 Å². The number of ether oxygens (including phenoxy) is 1. The van der Waals surface area contributed by atoms with Crippen LogP contribution in [0.15, 0.2) is 54.2 Å². The Morgan fingerprint density at radius 3 is 2.59 bits per heavy atom. The van der Waals surface area contributed by atoms with E-state index in [9.17, 15) is 14.4 Å². The Kier molecular flexibility index (Phi) is 5.21. The summed E-state index contributed by atoms with van der Waals surface area (Å²) in [7, 11) is 1.52. The molecule has 0 spiro atoms. The molecule has 0 bridgehead atoms. The number of hydrogen-bond acceptors (Lipinski definition) is 4. The summed E-state index contributed by atoms with van der Waals surface area (Å²) >= 11 is 0. The van der Waals surface area contributed by atoms with Crippen molar-refractivity contribution in [2.24, 2.45) is 0 Å². The van der Waals surface area contributed by atoms with E-state index in [4.69, 9.17) is 4.74 Å². The van der Waals surface area contributed by atoms with Crippen LogP contribution < -0.4 is 15.4 Å². The summed E-state index contributed by atoms with van der Waals surface area (Å²) in [6, 6.07) is 13.7. The highest BCUT2D eigenvalue weighted by atomic mass is 16.5. The van der Waals surface area contributed by atoms with Crippen LogP contribution in [0.2, 0.25) is 0 Å². The van der Waals surface area contributed by atoms with E-state index in [0.29, 0.717) is 17.0 Å². The maximum Gasteiger partial charge on any atom is 0.329 e. The quantitative estimate of drug-likeness (QED) is 0.630. The van der Waals surface area contributed by atoms with Crippen molar-refractivity contribution in [3.8, 4) is 5.75 Å². The number of benzene rings is 2. The lowest BCUT2D eigenvalue weighted by atomic mass is 10.1. The molecule has 27 heavy (non-hydrogen) atoms. The first-order valence-electron chi connectivity index (χ1n) is 8.32. The molecule has 0 aliphatic carbocycles. The van der Waals surface area contributed by atoms with Crippen molar-refractivity contribution in [2.75, 3.05) is 19.0 Å². The fourth-order valence-electron chi connectivity index (χ4n) is 2.70. The Morgan fingerprint density at radius 2 is 1.85 bits per heavy atom. The number of para-hydroxylation sites is 2. The molecule has 7 heteroatoms. The van der Waals surface area contributed by atoms with E-state index in [1.54, 1.807) is 36.4 Å². The summed E-state index contributed by atoms with van der Waals surface area (Å²) in [5, 5.41) is 5.21. The summed E-state index contributed by atoms with van der Waals surface area (Å²) in [6.07, 6.45) is 1.53. The number of amides is 4. The van der Waals surface area contributed by atoms with Crippen molar-refractivity contribution in [1.82, 2.24) is 10.2 Å². The Morgan fingerprint density at radius 1 is 1.15 bits per heavy atom. The Bertz CT molecular complexity index is 936. The minimum absolute atomic E-state index is 0.0909. The number of carbonyl (C=O) groups is 3. The summed E-state index contributed by atoms with van der Waals surface area (Å²) in [6.45, 7) is 1.49. The van der Waals surface area contributed by atoms with Crippen LogP contribution in [0.5, 0.6) is 5.75 Å². The van der Waals surface area contributed by atoms with E-state index in [-0.39, 0.29) is 12.2 Å². The molecule has 1 aliphatic heterocycles. The number of imide groups is 1. The molecular formula is C20H19N3O4. The first-order chi connectivity index (χ1) is 13.0. The van der Waals surface area contributed by atoms with Crippen molar-refractivity contribution in [3.05, 3.63) is 65.4 Å². The van der Waals surface area contributed by atoms with Crippen molar-refractivity contribution in [1.29, 1.82) is 0 Å². The van der Waals surface area contributed by atoms with Crippen LogP contribution in [-0.4, -0.2) is 36.4 Å². The largest absolute Gasteiger partial charge is 0.496 e. The van der Waals surface area contributed by atoms with Crippen LogP contribution in [0.4, 0.5) is 10.5 Å². The van der Waals surface area contributed by atoms with Crippen LogP contribution >= 0.6 is 0 Å². The Labute approximate surface area is 156 Å². The van der Waals surface area contributed by atoms with Crippen LogP contribution in [0.3, 0.4) is 0 Å². The predicted octanol–water partition coefficient (Wildman–Crippen LogP) is 2.54. The smallest absolute Gasteiger partial charge is 0.329 e. The molecule has 1 aliphatic rings. The molecular weight excluding hydrogens is 346 g/mol. The van der Waals surface area contributed by atoms with Gasteiger partial charge in [0.05, 0.1) is 7.11 Å². The maximum atomic E-state index is 12.5. The molecule has 0 unspecified atom stereocenters. The van der Waals surface area contributed by atoms with E-state index in [1.807, 2.05) is 19.1 Å². The first-order valence-corrected chi connectivity index (χ1v) is 8.32.